The van der Waals surface area contributed by atoms with E-state index < -0.39 is 23.5 Å². The Bertz CT molecular complexity index is 779. The summed E-state index contributed by atoms with van der Waals surface area (Å²) >= 11 is 0. The van der Waals surface area contributed by atoms with Crippen LogP contribution in [0.4, 0.5) is 8.78 Å². The number of hydrogen-bond acceptors (Lipinski definition) is 4. The van der Waals surface area contributed by atoms with Crippen LogP contribution in [0.3, 0.4) is 0 Å². The lowest BCUT2D eigenvalue weighted by atomic mass is 9.98. The van der Waals surface area contributed by atoms with Gasteiger partial charge in [-0.25, -0.2) is 13.6 Å². The summed E-state index contributed by atoms with van der Waals surface area (Å²) in [6, 6.07) is 5.67. The Morgan fingerprint density at radius 2 is 2.04 bits per heavy atom. The highest BCUT2D eigenvalue weighted by molar-refractivity contribution is 5.89. The van der Waals surface area contributed by atoms with Crippen molar-refractivity contribution in [3.63, 3.8) is 0 Å². The number of carboxylic acid groups (broad SMARTS) is 1. The van der Waals surface area contributed by atoms with E-state index in [9.17, 15) is 18.7 Å². The van der Waals surface area contributed by atoms with Crippen molar-refractivity contribution in [2.24, 2.45) is 0 Å². The first kappa shape index (κ1) is 20.5. The molecular weight excluding hydrogens is 354 g/mol. The number of carbonyl (C=O) groups is 1. The van der Waals surface area contributed by atoms with E-state index in [1.54, 1.807) is 13.8 Å². The first-order valence-electron chi connectivity index (χ1n) is 8.45. The quantitative estimate of drug-likeness (QED) is 0.539. The third kappa shape index (κ3) is 5.31. The van der Waals surface area contributed by atoms with Gasteiger partial charge in [0.05, 0.1) is 17.7 Å². The molecule has 1 aliphatic rings. The van der Waals surface area contributed by atoms with Crippen LogP contribution in [0.2, 0.25) is 0 Å². The van der Waals surface area contributed by atoms with Crippen molar-refractivity contribution in [3.8, 4) is 18.1 Å². The van der Waals surface area contributed by atoms with E-state index >= 15 is 0 Å². The number of nitrogens with zero attached hydrogens (tertiary/aromatic N) is 1. The van der Waals surface area contributed by atoms with Gasteiger partial charge in [-0.05, 0) is 50.6 Å². The Kier molecular flexibility index (Phi) is 6.59. The second-order valence-corrected chi connectivity index (χ2v) is 6.54. The van der Waals surface area contributed by atoms with Crippen LogP contribution in [0.15, 0.2) is 47.9 Å². The van der Waals surface area contributed by atoms with Crippen LogP contribution in [-0.2, 0) is 4.79 Å². The van der Waals surface area contributed by atoms with Crippen LogP contribution in [0.1, 0.15) is 20.3 Å². The summed E-state index contributed by atoms with van der Waals surface area (Å²) < 4.78 is 32.2. The van der Waals surface area contributed by atoms with Gasteiger partial charge in [-0.2, -0.15) is 0 Å². The molecule has 1 aromatic rings. The minimum Gasteiger partial charge on any atom is -0.494 e. The normalized spacial score (nSPS) is 17.0. The average molecular weight is 376 g/mol. The van der Waals surface area contributed by atoms with Gasteiger partial charge in [0.25, 0.3) is 0 Å². The van der Waals surface area contributed by atoms with Crippen molar-refractivity contribution < 1.29 is 23.4 Å². The number of carboxylic acids is 1. The van der Waals surface area contributed by atoms with E-state index in [0.717, 1.165) is 6.08 Å². The van der Waals surface area contributed by atoms with E-state index in [2.05, 4.69) is 11.2 Å². The fraction of sp³-hybridized carbons (Fsp3) is 0.350. The van der Waals surface area contributed by atoms with E-state index in [-0.39, 0.29) is 11.4 Å². The predicted molar refractivity (Wildman–Crippen MR) is 98.0 cm³/mol. The molecule has 1 unspecified atom stereocenters. The molecule has 2 rings (SSSR count). The zero-order valence-corrected chi connectivity index (χ0v) is 15.2. The molecule has 7 heteroatoms. The van der Waals surface area contributed by atoms with Gasteiger partial charge >= 0.3 is 5.97 Å². The van der Waals surface area contributed by atoms with Crippen molar-refractivity contribution in [3.05, 3.63) is 53.8 Å². The fourth-order valence-corrected chi connectivity index (χ4v) is 2.60. The van der Waals surface area contributed by atoms with Crippen molar-refractivity contribution in [2.75, 3.05) is 13.2 Å². The molecule has 1 atom stereocenters. The standard InChI is InChI=1S/C20H22F2N2O3/c1-4-20(2,3)24-13-15(22)12-17(19(25)26)18(24)23-10-5-11-27-16-8-6-14(21)7-9-16/h1,6-9,12-13,18,23H,5,10-11H2,2-3H3,(H,25,26). The summed E-state index contributed by atoms with van der Waals surface area (Å²) in [5.41, 5.74) is -1.02. The smallest absolute Gasteiger partial charge is 0.335 e. The summed E-state index contributed by atoms with van der Waals surface area (Å²) in [6.45, 7) is 4.16. The summed E-state index contributed by atoms with van der Waals surface area (Å²) in [6.07, 6.45) is 7.50. The van der Waals surface area contributed by atoms with E-state index in [0.29, 0.717) is 25.3 Å². The molecule has 1 heterocycles. The SMILES string of the molecule is C#CC(C)(C)N1C=C(F)C=C(C(=O)O)C1NCCCOc1ccc(F)cc1. The van der Waals surface area contributed by atoms with Gasteiger partial charge < -0.3 is 14.7 Å². The highest BCUT2D eigenvalue weighted by atomic mass is 19.1. The third-order valence-corrected chi connectivity index (χ3v) is 4.12. The first-order valence-corrected chi connectivity index (χ1v) is 8.45. The van der Waals surface area contributed by atoms with Crippen LogP contribution >= 0.6 is 0 Å². The highest BCUT2D eigenvalue weighted by Crippen LogP contribution is 2.27. The van der Waals surface area contributed by atoms with Gasteiger partial charge in [0, 0.05) is 12.7 Å². The van der Waals surface area contributed by atoms with Crippen LogP contribution < -0.4 is 10.1 Å². The minimum atomic E-state index is -1.23. The summed E-state index contributed by atoms with van der Waals surface area (Å²) in [4.78, 5) is 13.0. The minimum absolute atomic E-state index is 0.127. The topological polar surface area (TPSA) is 61.8 Å². The number of aliphatic carboxylic acids is 1. The number of benzene rings is 1. The highest BCUT2D eigenvalue weighted by Gasteiger charge is 2.36. The maximum atomic E-state index is 13.9. The molecular formula is C20H22F2N2O3. The predicted octanol–water partition coefficient (Wildman–Crippen LogP) is 3.06. The Morgan fingerprint density at radius 3 is 2.63 bits per heavy atom. The fourth-order valence-electron chi connectivity index (χ4n) is 2.60. The molecule has 144 valence electrons. The lowest BCUT2D eigenvalue weighted by Gasteiger charge is -2.42. The molecule has 0 spiro atoms. The molecule has 2 N–H and O–H groups in total. The Labute approximate surface area is 157 Å². The largest absolute Gasteiger partial charge is 0.494 e. The average Bonchev–Trinajstić information content (AvgIpc) is 2.63. The monoisotopic (exact) mass is 376 g/mol. The van der Waals surface area contributed by atoms with Gasteiger partial charge in [0.2, 0.25) is 0 Å². The van der Waals surface area contributed by atoms with E-state index in [4.69, 9.17) is 11.2 Å². The Morgan fingerprint density at radius 1 is 1.37 bits per heavy atom. The van der Waals surface area contributed by atoms with Crippen LogP contribution in [0, 0.1) is 18.2 Å². The van der Waals surface area contributed by atoms with Crippen LogP contribution in [0.5, 0.6) is 5.75 Å². The zero-order valence-electron chi connectivity index (χ0n) is 15.2. The molecule has 0 fully saturated rings. The lowest BCUT2D eigenvalue weighted by Crippen LogP contribution is -2.55. The van der Waals surface area contributed by atoms with E-state index in [1.807, 2.05) is 0 Å². The Balaban J connectivity index is 1.98. The van der Waals surface area contributed by atoms with Gasteiger partial charge in [0.1, 0.15) is 23.6 Å². The molecule has 27 heavy (non-hydrogen) atoms. The number of ether oxygens (including phenoxy) is 1. The molecule has 0 amide bonds. The van der Waals surface area contributed by atoms with Gasteiger partial charge in [-0.1, -0.05) is 5.92 Å². The van der Waals surface area contributed by atoms with Crippen molar-refractivity contribution >= 4 is 5.97 Å². The van der Waals surface area contributed by atoms with Crippen LogP contribution in [-0.4, -0.2) is 40.8 Å². The van der Waals surface area contributed by atoms with Crippen molar-refractivity contribution in [2.45, 2.75) is 32.0 Å². The van der Waals surface area contributed by atoms with E-state index in [1.165, 1.54) is 35.4 Å². The maximum absolute atomic E-state index is 13.9. The van der Waals surface area contributed by atoms with Gasteiger partial charge in [0.15, 0.2) is 0 Å². The second-order valence-electron chi connectivity index (χ2n) is 6.54. The molecule has 0 radical (unpaired) electrons. The summed E-state index contributed by atoms with van der Waals surface area (Å²) in [5, 5.41) is 12.5. The van der Waals surface area contributed by atoms with Crippen molar-refractivity contribution in [1.29, 1.82) is 0 Å². The number of nitrogens with one attached hydrogen (secondary N) is 1. The number of terminal acetylenes is 1. The second kappa shape index (κ2) is 8.69. The number of halogens is 2. The number of rotatable bonds is 8. The molecule has 0 aliphatic carbocycles. The Hall–Kier alpha value is -2.85. The summed E-state index contributed by atoms with van der Waals surface area (Å²) in [5.74, 6) is 0.849. The molecule has 0 saturated heterocycles. The lowest BCUT2D eigenvalue weighted by molar-refractivity contribution is -0.133. The van der Waals surface area contributed by atoms with Gasteiger partial charge in [-0.15, -0.1) is 6.42 Å². The van der Waals surface area contributed by atoms with Gasteiger partial charge in [-0.3, -0.25) is 5.32 Å². The third-order valence-electron chi connectivity index (χ3n) is 4.12. The first-order chi connectivity index (χ1) is 12.7. The molecule has 0 bridgehead atoms. The molecule has 1 aliphatic heterocycles. The molecule has 0 saturated carbocycles. The zero-order chi connectivity index (χ0) is 20.0. The number of allylic oxidation sites excluding steroid dienone is 2. The molecule has 1 aromatic carbocycles. The summed E-state index contributed by atoms with van der Waals surface area (Å²) in [7, 11) is 0. The molecule has 5 nitrogen and oxygen atoms in total. The van der Waals surface area contributed by atoms with Crippen molar-refractivity contribution in [1.82, 2.24) is 10.2 Å². The van der Waals surface area contributed by atoms with Crippen LogP contribution in [0.25, 0.3) is 0 Å². The molecule has 0 aromatic heterocycles. The maximum Gasteiger partial charge on any atom is 0.335 e. The number of hydrogen-bond donors (Lipinski definition) is 2.